The lowest BCUT2D eigenvalue weighted by atomic mass is 10.2. The Morgan fingerprint density at radius 2 is 2.33 bits per heavy atom. The molecular formula is C6H15NOS. The monoisotopic (exact) mass is 149 g/mol. The van der Waals surface area contributed by atoms with Gasteiger partial charge in [-0.05, 0) is 18.2 Å². The molecule has 0 aromatic heterocycles. The van der Waals surface area contributed by atoms with Crippen LogP contribution in [0, 0.1) is 5.92 Å². The van der Waals surface area contributed by atoms with Gasteiger partial charge in [-0.2, -0.15) is 0 Å². The number of hydrogen-bond acceptors (Lipinski definition) is 3. The molecule has 1 atom stereocenters. The van der Waals surface area contributed by atoms with Gasteiger partial charge in [0.25, 0.3) is 0 Å². The van der Waals surface area contributed by atoms with Crippen molar-refractivity contribution in [3.8, 4) is 0 Å². The van der Waals surface area contributed by atoms with Crippen LogP contribution in [0.4, 0.5) is 0 Å². The van der Waals surface area contributed by atoms with Gasteiger partial charge in [0.15, 0.2) is 0 Å². The first-order valence-corrected chi connectivity index (χ1v) is 4.23. The fourth-order valence-electron chi connectivity index (χ4n) is 0.401. The smallest absolute Gasteiger partial charge is 0.0917 e. The Morgan fingerprint density at radius 1 is 1.67 bits per heavy atom. The Hall–Kier alpha value is 0.270. The van der Waals surface area contributed by atoms with E-state index in [1.165, 1.54) is 0 Å². The van der Waals surface area contributed by atoms with Crippen LogP contribution in [0.1, 0.15) is 6.92 Å². The SMILES string of the molecule is COCSCC(C)CN. The van der Waals surface area contributed by atoms with Gasteiger partial charge in [0, 0.05) is 7.11 Å². The third-order valence-electron chi connectivity index (χ3n) is 1.01. The summed E-state index contributed by atoms with van der Waals surface area (Å²) < 4.78 is 4.86. The molecule has 0 spiro atoms. The summed E-state index contributed by atoms with van der Waals surface area (Å²) in [5.41, 5.74) is 5.40. The van der Waals surface area contributed by atoms with Gasteiger partial charge in [0.1, 0.15) is 0 Å². The summed E-state index contributed by atoms with van der Waals surface area (Å²) in [6.07, 6.45) is 0. The van der Waals surface area contributed by atoms with Crippen molar-refractivity contribution >= 4 is 11.8 Å². The highest BCUT2D eigenvalue weighted by atomic mass is 32.2. The molecule has 0 fully saturated rings. The van der Waals surface area contributed by atoms with Gasteiger partial charge in [-0.25, -0.2) is 0 Å². The molecule has 0 aliphatic rings. The zero-order valence-electron chi connectivity index (χ0n) is 6.09. The molecule has 0 aliphatic carbocycles. The first-order chi connectivity index (χ1) is 4.31. The minimum Gasteiger partial charge on any atom is -0.374 e. The molecule has 0 bridgehead atoms. The fraction of sp³-hybridized carbons (Fsp3) is 1.00. The molecule has 2 N–H and O–H groups in total. The van der Waals surface area contributed by atoms with Crippen LogP contribution in [0.15, 0.2) is 0 Å². The molecule has 3 heteroatoms. The van der Waals surface area contributed by atoms with Crippen molar-refractivity contribution in [2.75, 3.05) is 25.3 Å². The molecule has 0 aromatic carbocycles. The lowest BCUT2D eigenvalue weighted by Gasteiger charge is -2.05. The molecule has 56 valence electrons. The zero-order chi connectivity index (χ0) is 7.11. The summed E-state index contributed by atoms with van der Waals surface area (Å²) >= 11 is 1.78. The van der Waals surface area contributed by atoms with E-state index in [4.69, 9.17) is 10.5 Å². The Morgan fingerprint density at radius 3 is 2.78 bits per heavy atom. The third kappa shape index (κ3) is 6.15. The average molecular weight is 149 g/mol. The first kappa shape index (κ1) is 9.27. The maximum Gasteiger partial charge on any atom is 0.0917 e. The van der Waals surface area contributed by atoms with E-state index in [9.17, 15) is 0 Å². The Kier molecular flexibility index (Phi) is 6.58. The van der Waals surface area contributed by atoms with Crippen molar-refractivity contribution in [1.29, 1.82) is 0 Å². The van der Waals surface area contributed by atoms with Gasteiger partial charge in [-0.1, -0.05) is 6.92 Å². The highest BCUT2D eigenvalue weighted by Crippen LogP contribution is 2.05. The van der Waals surface area contributed by atoms with Crippen molar-refractivity contribution in [2.45, 2.75) is 6.92 Å². The second-order valence-corrected chi connectivity index (χ2v) is 3.10. The summed E-state index contributed by atoms with van der Waals surface area (Å²) in [6, 6.07) is 0. The molecule has 0 radical (unpaired) electrons. The lowest BCUT2D eigenvalue weighted by Crippen LogP contribution is -2.13. The molecule has 0 aliphatic heterocycles. The van der Waals surface area contributed by atoms with Crippen LogP contribution in [0.2, 0.25) is 0 Å². The molecule has 0 heterocycles. The van der Waals surface area contributed by atoms with Crippen LogP contribution in [-0.2, 0) is 4.74 Å². The van der Waals surface area contributed by atoms with E-state index < -0.39 is 0 Å². The van der Waals surface area contributed by atoms with Crippen LogP contribution >= 0.6 is 11.8 Å². The molecule has 0 saturated carbocycles. The topological polar surface area (TPSA) is 35.2 Å². The number of rotatable bonds is 5. The van der Waals surface area contributed by atoms with Crippen molar-refractivity contribution in [1.82, 2.24) is 0 Å². The minimum absolute atomic E-state index is 0.616. The molecule has 2 nitrogen and oxygen atoms in total. The molecule has 0 saturated heterocycles. The highest BCUT2D eigenvalue weighted by Gasteiger charge is 1.96. The first-order valence-electron chi connectivity index (χ1n) is 3.08. The minimum atomic E-state index is 0.616. The predicted molar refractivity (Wildman–Crippen MR) is 42.6 cm³/mol. The van der Waals surface area contributed by atoms with Crippen molar-refractivity contribution in [3.63, 3.8) is 0 Å². The van der Waals surface area contributed by atoms with Gasteiger partial charge in [-0.3, -0.25) is 0 Å². The quantitative estimate of drug-likeness (QED) is 0.466. The average Bonchev–Trinajstić information content (AvgIpc) is 1.89. The number of thioether (sulfide) groups is 1. The molecular weight excluding hydrogens is 134 g/mol. The second kappa shape index (κ2) is 6.39. The van der Waals surface area contributed by atoms with E-state index in [0.29, 0.717) is 5.92 Å². The number of ether oxygens (including phenoxy) is 1. The zero-order valence-corrected chi connectivity index (χ0v) is 6.91. The normalized spacial score (nSPS) is 13.7. The summed E-state index contributed by atoms with van der Waals surface area (Å²) in [7, 11) is 1.71. The van der Waals surface area contributed by atoms with Crippen LogP contribution in [-0.4, -0.2) is 25.3 Å². The molecule has 0 rings (SSSR count). The van der Waals surface area contributed by atoms with E-state index in [2.05, 4.69) is 6.92 Å². The van der Waals surface area contributed by atoms with E-state index in [0.717, 1.165) is 18.2 Å². The maximum absolute atomic E-state index is 5.40. The van der Waals surface area contributed by atoms with Crippen LogP contribution in [0.3, 0.4) is 0 Å². The lowest BCUT2D eigenvalue weighted by molar-refractivity contribution is 0.258. The number of hydrogen-bond donors (Lipinski definition) is 1. The van der Waals surface area contributed by atoms with Crippen molar-refractivity contribution < 1.29 is 4.74 Å². The standard InChI is InChI=1S/C6H15NOS/c1-6(3-7)4-9-5-8-2/h6H,3-5,7H2,1-2H3. The highest BCUT2D eigenvalue weighted by molar-refractivity contribution is 7.99. The van der Waals surface area contributed by atoms with Gasteiger partial charge >= 0.3 is 0 Å². The molecule has 9 heavy (non-hydrogen) atoms. The fourth-order valence-corrected chi connectivity index (χ4v) is 1.20. The Balaban J connectivity index is 2.88. The molecule has 0 aromatic rings. The molecule has 0 amide bonds. The van der Waals surface area contributed by atoms with E-state index in [-0.39, 0.29) is 0 Å². The summed E-state index contributed by atoms with van der Waals surface area (Å²) in [4.78, 5) is 0. The Labute approximate surface area is 61.1 Å². The second-order valence-electron chi connectivity index (χ2n) is 2.12. The van der Waals surface area contributed by atoms with Crippen LogP contribution in [0.5, 0.6) is 0 Å². The van der Waals surface area contributed by atoms with Crippen LogP contribution < -0.4 is 5.73 Å². The van der Waals surface area contributed by atoms with E-state index in [1.54, 1.807) is 18.9 Å². The largest absolute Gasteiger partial charge is 0.374 e. The summed E-state index contributed by atoms with van der Waals surface area (Å²) in [6.45, 7) is 2.92. The molecule has 1 unspecified atom stereocenters. The van der Waals surface area contributed by atoms with Crippen molar-refractivity contribution in [2.24, 2.45) is 11.7 Å². The predicted octanol–water partition coefficient (Wildman–Crippen LogP) is 0.918. The summed E-state index contributed by atoms with van der Waals surface area (Å²) in [5.74, 6) is 2.50. The maximum atomic E-state index is 5.40. The van der Waals surface area contributed by atoms with Crippen LogP contribution in [0.25, 0.3) is 0 Å². The third-order valence-corrected chi connectivity index (χ3v) is 2.21. The van der Waals surface area contributed by atoms with Gasteiger partial charge in [0.2, 0.25) is 0 Å². The van der Waals surface area contributed by atoms with Crippen molar-refractivity contribution in [3.05, 3.63) is 0 Å². The van der Waals surface area contributed by atoms with Gasteiger partial charge < -0.3 is 10.5 Å². The summed E-state index contributed by atoms with van der Waals surface area (Å²) in [5, 5.41) is 0. The van der Waals surface area contributed by atoms with Gasteiger partial charge in [-0.15, -0.1) is 11.8 Å². The van der Waals surface area contributed by atoms with Gasteiger partial charge in [0.05, 0.1) is 5.94 Å². The van der Waals surface area contributed by atoms with E-state index >= 15 is 0 Å². The number of nitrogens with two attached hydrogens (primary N) is 1. The number of methoxy groups -OCH3 is 1. The Bertz CT molecular complexity index is 61.0. The van der Waals surface area contributed by atoms with E-state index in [1.807, 2.05) is 0 Å².